The highest BCUT2D eigenvalue weighted by atomic mass is 79.9. The number of ether oxygens (including phenoxy) is 1. The smallest absolute Gasteiger partial charge is 0.345 e. The first-order chi connectivity index (χ1) is 9.83. The predicted molar refractivity (Wildman–Crippen MR) is 82.8 cm³/mol. The molecule has 0 aliphatic heterocycles. The Morgan fingerprint density at radius 3 is 2.67 bits per heavy atom. The molecule has 0 bridgehead atoms. The molecular formula is C12H10BrNO5S2. The molecule has 112 valence electrons. The van der Waals surface area contributed by atoms with Crippen molar-refractivity contribution in [3.8, 4) is 5.75 Å². The number of aromatic carboxylic acids is 1. The normalized spacial score (nSPS) is 11.1. The van der Waals surface area contributed by atoms with Gasteiger partial charge in [-0.3, -0.25) is 4.72 Å². The lowest BCUT2D eigenvalue weighted by molar-refractivity contribution is 0.0702. The molecule has 6 nitrogen and oxygen atoms in total. The van der Waals surface area contributed by atoms with E-state index in [1.807, 2.05) is 0 Å². The second-order valence-electron chi connectivity index (χ2n) is 3.90. The van der Waals surface area contributed by atoms with Crippen LogP contribution in [-0.4, -0.2) is 26.6 Å². The molecule has 2 rings (SSSR count). The summed E-state index contributed by atoms with van der Waals surface area (Å²) in [5, 5.41) is 10.1. The minimum absolute atomic E-state index is 0.0448. The van der Waals surface area contributed by atoms with E-state index in [4.69, 9.17) is 9.84 Å². The number of hydrogen-bond donors (Lipinski definition) is 2. The van der Waals surface area contributed by atoms with Crippen LogP contribution >= 0.6 is 27.3 Å². The molecule has 0 saturated heterocycles. The molecule has 0 amide bonds. The number of carbonyl (C=O) groups is 1. The number of hydrogen-bond acceptors (Lipinski definition) is 5. The Labute approximate surface area is 133 Å². The van der Waals surface area contributed by atoms with Crippen molar-refractivity contribution in [3.05, 3.63) is 39.0 Å². The Hall–Kier alpha value is -1.58. The molecule has 0 radical (unpaired) electrons. The molecule has 1 aromatic heterocycles. The van der Waals surface area contributed by atoms with Crippen molar-refractivity contribution in [1.29, 1.82) is 0 Å². The van der Waals surface area contributed by atoms with Gasteiger partial charge in [-0.15, -0.1) is 11.3 Å². The van der Waals surface area contributed by atoms with E-state index in [1.165, 1.54) is 12.5 Å². The zero-order chi connectivity index (χ0) is 15.6. The van der Waals surface area contributed by atoms with Gasteiger partial charge in [0.05, 0.1) is 17.7 Å². The first-order valence-electron chi connectivity index (χ1n) is 5.51. The molecule has 0 aliphatic carbocycles. The number of benzene rings is 1. The fourth-order valence-corrected chi connectivity index (χ4v) is 4.07. The van der Waals surface area contributed by atoms with Crippen molar-refractivity contribution < 1.29 is 23.1 Å². The molecule has 0 spiro atoms. The number of rotatable bonds is 5. The van der Waals surface area contributed by atoms with Crippen LogP contribution in [0.5, 0.6) is 5.75 Å². The van der Waals surface area contributed by atoms with Gasteiger partial charge in [-0.05, 0) is 24.3 Å². The monoisotopic (exact) mass is 391 g/mol. The SMILES string of the molecule is COc1ccc(Br)cc1NS(=O)(=O)c1csc(C(=O)O)c1. The molecule has 0 aliphatic rings. The van der Waals surface area contributed by atoms with E-state index in [0.29, 0.717) is 10.2 Å². The van der Waals surface area contributed by atoms with E-state index in [9.17, 15) is 13.2 Å². The summed E-state index contributed by atoms with van der Waals surface area (Å²) in [6, 6.07) is 5.99. The Kier molecular flexibility index (Phi) is 4.55. The molecule has 0 fully saturated rings. The van der Waals surface area contributed by atoms with Crippen LogP contribution in [0.4, 0.5) is 5.69 Å². The minimum atomic E-state index is -3.88. The van der Waals surface area contributed by atoms with Gasteiger partial charge in [-0.2, -0.15) is 0 Å². The fourth-order valence-electron chi connectivity index (χ4n) is 1.54. The van der Waals surface area contributed by atoms with Crippen molar-refractivity contribution in [1.82, 2.24) is 0 Å². The number of carboxylic acids is 1. The van der Waals surface area contributed by atoms with Crippen LogP contribution in [0.1, 0.15) is 9.67 Å². The molecule has 1 heterocycles. The standard InChI is InChI=1S/C12H10BrNO5S2/c1-19-10-3-2-7(13)4-9(10)14-21(17,18)8-5-11(12(15)16)20-6-8/h2-6,14H,1H3,(H,15,16). The van der Waals surface area contributed by atoms with Gasteiger partial charge in [0.15, 0.2) is 0 Å². The molecule has 21 heavy (non-hydrogen) atoms. The average Bonchev–Trinajstić information content (AvgIpc) is 2.89. The maximum absolute atomic E-state index is 12.2. The molecular weight excluding hydrogens is 382 g/mol. The summed E-state index contributed by atoms with van der Waals surface area (Å²) in [6.07, 6.45) is 0. The van der Waals surface area contributed by atoms with Crippen LogP contribution in [0.25, 0.3) is 0 Å². The Morgan fingerprint density at radius 1 is 1.38 bits per heavy atom. The molecule has 0 saturated carbocycles. The summed E-state index contributed by atoms with van der Waals surface area (Å²) >= 11 is 4.10. The lowest BCUT2D eigenvalue weighted by Gasteiger charge is -2.11. The Balaban J connectivity index is 2.37. The van der Waals surface area contributed by atoms with Gasteiger partial charge in [0, 0.05) is 9.85 Å². The molecule has 2 N–H and O–H groups in total. The van der Waals surface area contributed by atoms with Crippen LogP contribution in [0.2, 0.25) is 0 Å². The van der Waals surface area contributed by atoms with Gasteiger partial charge < -0.3 is 9.84 Å². The number of carboxylic acid groups (broad SMARTS) is 1. The first kappa shape index (κ1) is 15.8. The van der Waals surface area contributed by atoms with Crippen LogP contribution < -0.4 is 9.46 Å². The quantitative estimate of drug-likeness (QED) is 0.816. The van der Waals surface area contributed by atoms with Crippen molar-refractivity contribution in [2.75, 3.05) is 11.8 Å². The average molecular weight is 392 g/mol. The number of nitrogens with one attached hydrogen (secondary N) is 1. The third-order valence-electron chi connectivity index (χ3n) is 2.50. The minimum Gasteiger partial charge on any atom is -0.495 e. The topological polar surface area (TPSA) is 92.7 Å². The van der Waals surface area contributed by atoms with Crippen LogP contribution in [0, 0.1) is 0 Å². The second kappa shape index (κ2) is 6.04. The number of anilines is 1. The van der Waals surface area contributed by atoms with Crippen LogP contribution in [0.3, 0.4) is 0 Å². The second-order valence-corrected chi connectivity index (χ2v) is 7.41. The highest BCUT2D eigenvalue weighted by Crippen LogP contribution is 2.30. The molecule has 0 unspecified atom stereocenters. The van der Waals surface area contributed by atoms with Gasteiger partial charge in [0.1, 0.15) is 10.6 Å². The summed E-state index contributed by atoms with van der Waals surface area (Å²) in [7, 11) is -2.45. The zero-order valence-electron chi connectivity index (χ0n) is 10.7. The van der Waals surface area contributed by atoms with E-state index in [1.54, 1.807) is 18.2 Å². The summed E-state index contributed by atoms with van der Waals surface area (Å²) < 4.78 is 32.6. The van der Waals surface area contributed by atoms with Gasteiger partial charge in [-0.25, -0.2) is 13.2 Å². The third kappa shape index (κ3) is 3.55. The molecule has 1 aromatic carbocycles. The van der Waals surface area contributed by atoms with E-state index >= 15 is 0 Å². The van der Waals surface area contributed by atoms with Crippen molar-refractivity contribution in [3.63, 3.8) is 0 Å². The van der Waals surface area contributed by atoms with Gasteiger partial charge in [0.25, 0.3) is 10.0 Å². The molecule has 0 atom stereocenters. The van der Waals surface area contributed by atoms with Crippen LogP contribution in [0.15, 0.2) is 39.0 Å². The number of methoxy groups -OCH3 is 1. The van der Waals surface area contributed by atoms with E-state index in [2.05, 4.69) is 20.7 Å². The lowest BCUT2D eigenvalue weighted by atomic mass is 10.3. The summed E-state index contributed by atoms with van der Waals surface area (Å²) in [6.45, 7) is 0. The maximum Gasteiger partial charge on any atom is 0.345 e. The van der Waals surface area contributed by atoms with E-state index in [-0.39, 0.29) is 15.5 Å². The van der Waals surface area contributed by atoms with Crippen LogP contribution in [-0.2, 0) is 10.0 Å². The van der Waals surface area contributed by atoms with Crippen molar-refractivity contribution in [2.45, 2.75) is 4.90 Å². The number of sulfonamides is 1. The summed E-state index contributed by atoms with van der Waals surface area (Å²) in [5.41, 5.74) is 0.259. The molecule has 9 heteroatoms. The predicted octanol–water partition coefficient (Wildman–Crippen LogP) is 3.02. The molecule has 2 aromatic rings. The van der Waals surface area contributed by atoms with E-state index in [0.717, 1.165) is 17.4 Å². The largest absolute Gasteiger partial charge is 0.495 e. The van der Waals surface area contributed by atoms with Gasteiger partial charge in [0.2, 0.25) is 0 Å². The van der Waals surface area contributed by atoms with Crippen molar-refractivity contribution >= 4 is 48.9 Å². The Morgan fingerprint density at radius 2 is 2.10 bits per heavy atom. The Bertz CT molecular complexity index is 785. The highest BCUT2D eigenvalue weighted by Gasteiger charge is 2.20. The third-order valence-corrected chi connectivity index (χ3v) is 5.41. The first-order valence-corrected chi connectivity index (χ1v) is 8.67. The van der Waals surface area contributed by atoms with Gasteiger partial charge >= 0.3 is 5.97 Å². The van der Waals surface area contributed by atoms with Crippen molar-refractivity contribution in [2.24, 2.45) is 0 Å². The zero-order valence-corrected chi connectivity index (χ0v) is 13.9. The number of thiophene rings is 1. The lowest BCUT2D eigenvalue weighted by Crippen LogP contribution is -2.13. The summed E-state index contributed by atoms with van der Waals surface area (Å²) in [4.78, 5) is 10.7. The van der Waals surface area contributed by atoms with E-state index < -0.39 is 16.0 Å². The fraction of sp³-hybridized carbons (Fsp3) is 0.0833. The highest BCUT2D eigenvalue weighted by molar-refractivity contribution is 9.10. The summed E-state index contributed by atoms with van der Waals surface area (Å²) in [5.74, 6) is -0.808. The maximum atomic E-state index is 12.2. The number of halogens is 1. The van der Waals surface area contributed by atoms with Gasteiger partial charge in [-0.1, -0.05) is 15.9 Å².